The highest BCUT2D eigenvalue weighted by Gasteiger charge is 2.20. The van der Waals surface area contributed by atoms with E-state index >= 15 is 0 Å². The van der Waals surface area contributed by atoms with Crippen molar-refractivity contribution in [3.63, 3.8) is 0 Å². The first-order valence-electron chi connectivity index (χ1n) is 8.31. The van der Waals surface area contributed by atoms with Crippen molar-refractivity contribution in [2.24, 2.45) is 0 Å². The van der Waals surface area contributed by atoms with E-state index in [0.29, 0.717) is 11.1 Å². The number of carbonyl (C=O) groups excluding carboxylic acids is 2. The van der Waals surface area contributed by atoms with E-state index in [1.165, 1.54) is 25.3 Å². The number of hydrogen-bond acceptors (Lipinski definition) is 6. The monoisotopic (exact) mass is 398 g/mol. The third-order valence-electron chi connectivity index (χ3n) is 4.18. The van der Waals surface area contributed by atoms with Gasteiger partial charge in [0.2, 0.25) is 0 Å². The van der Waals surface area contributed by atoms with Gasteiger partial charge in [-0.05, 0) is 37.3 Å². The molecule has 1 amide bonds. The van der Waals surface area contributed by atoms with Crippen molar-refractivity contribution in [2.45, 2.75) is 11.8 Å². The van der Waals surface area contributed by atoms with Crippen molar-refractivity contribution in [3.05, 3.63) is 65.4 Å². The van der Waals surface area contributed by atoms with Gasteiger partial charge in [0.05, 0.1) is 34.3 Å². The molecule has 3 rings (SSSR count). The van der Waals surface area contributed by atoms with Crippen molar-refractivity contribution in [1.82, 2.24) is 4.98 Å². The number of rotatable bonds is 4. The molecular formula is C20H18N2O5S. The van der Waals surface area contributed by atoms with Gasteiger partial charge in [0, 0.05) is 17.3 Å². The van der Waals surface area contributed by atoms with Crippen molar-refractivity contribution in [1.29, 1.82) is 0 Å². The molecule has 0 unspecified atom stereocenters. The Balaban J connectivity index is 2.05. The minimum absolute atomic E-state index is 0.0478. The van der Waals surface area contributed by atoms with Gasteiger partial charge in [0.25, 0.3) is 5.91 Å². The normalized spacial score (nSPS) is 11.2. The molecule has 2 aromatic carbocycles. The van der Waals surface area contributed by atoms with Crippen LogP contribution in [0.15, 0.2) is 53.4 Å². The fourth-order valence-corrected chi connectivity index (χ4v) is 3.41. The van der Waals surface area contributed by atoms with Gasteiger partial charge < -0.3 is 10.1 Å². The summed E-state index contributed by atoms with van der Waals surface area (Å²) in [5.41, 5.74) is 1.73. The highest BCUT2D eigenvalue weighted by molar-refractivity contribution is 7.90. The summed E-state index contributed by atoms with van der Waals surface area (Å²) in [6.07, 6.45) is 1.03. The standard InChI is InChI=1S/C20H18N2O5S/c1-12-7-8-13-5-4-6-15(18(13)21-12)19(23)22-17-10-9-14(28(3,25)26)11-16(17)20(24)27-2/h4-11H,1-3H3,(H,22,23). The van der Waals surface area contributed by atoms with E-state index in [-0.39, 0.29) is 16.1 Å². The van der Waals surface area contributed by atoms with Crippen LogP contribution in [0.25, 0.3) is 10.9 Å². The van der Waals surface area contributed by atoms with Crippen molar-refractivity contribution >= 4 is 38.3 Å². The molecule has 144 valence electrons. The fourth-order valence-electron chi connectivity index (χ4n) is 2.76. The number of anilines is 1. The quantitative estimate of drug-likeness (QED) is 0.678. The van der Waals surface area contributed by atoms with E-state index < -0.39 is 21.7 Å². The smallest absolute Gasteiger partial charge is 0.340 e. The summed E-state index contributed by atoms with van der Waals surface area (Å²) in [5.74, 6) is -1.23. The van der Waals surface area contributed by atoms with Crippen LogP contribution in [0.2, 0.25) is 0 Å². The Labute approximate surface area is 162 Å². The van der Waals surface area contributed by atoms with E-state index in [1.807, 2.05) is 25.1 Å². The van der Waals surface area contributed by atoms with Crippen LogP contribution in [-0.2, 0) is 14.6 Å². The first-order chi connectivity index (χ1) is 13.2. The molecule has 0 spiro atoms. The summed E-state index contributed by atoms with van der Waals surface area (Å²) in [6, 6.07) is 12.8. The number of benzene rings is 2. The Kier molecular flexibility index (Phi) is 5.15. The Hall–Kier alpha value is -3.26. The van der Waals surface area contributed by atoms with Crippen LogP contribution >= 0.6 is 0 Å². The summed E-state index contributed by atoms with van der Waals surface area (Å²) >= 11 is 0. The number of nitrogens with one attached hydrogen (secondary N) is 1. The Morgan fingerprint density at radius 2 is 1.79 bits per heavy atom. The molecule has 1 N–H and O–H groups in total. The largest absolute Gasteiger partial charge is 0.465 e. The first kappa shape index (κ1) is 19.5. The minimum Gasteiger partial charge on any atom is -0.465 e. The first-order valence-corrected chi connectivity index (χ1v) is 10.2. The fraction of sp³-hybridized carbons (Fsp3) is 0.150. The lowest BCUT2D eigenvalue weighted by Crippen LogP contribution is -2.16. The molecule has 0 radical (unpaired) electrons. The average Bonchev–Trinajstić information content (AvgIpc) is 2.66. The predicted octanol–water partition coefficient (Wildman–Crippen LogP) is 2.99. The number of ether oxygens (including phenoxy) is 1. The van der Waals surface area contributed by atoms with Crippen LogP contribution < -0.4 is 5.32 Å². The minimum atomic E-state index is -3.53. The van der Waals surface area contributed by atoms with Crippen LogP contribution in [0.5, 0.6) is 0 Å². The summed E-state index contributed by atoms with van der Waals surface area (Å²) in [7, 11) is -2.35. The number of sulfone groups is 1. The van der Waals surface area contributed by atoms with E-state index in [0.717, 1.165) is 17.3 Å². The van der Waals surface area contributed by atoms with Crippen molar-refractivity contribution < 1.29 is 22.7 Å². The average molecular weight is 398 g/mol. The number of para-hydroxylation sites is 1. The number of pyridine rings is 1. The number of fused-ring (bicyclic) bond motifs is 1. The van der Waals surface area contributed by atoms with Crippen LogP contribution in [0, 0.1) is 6.92 Å². The van der Waals surface area contributed by atoms with Gasteiger partial charge in [-0.3, -0.25) is 9.78 Å². The second-order valence-electron chi connectivity index (χ2n) is 6.26. The summed E-state index contributed by atoms with van der Waals surface area (Å²) in [5, 5.41) is 3.46. The molecule has 0 saturated carbocycles. The van der Waals surface area contributed by atoms with E-state index in [9.17, 15) is 18.0 Å². The van der Waals surface area contributed by atoms with E-state index in [1.54, 1.807) is 12.1 Å². The van der Waals surface area contributed by atoms with Crippen LogP contribution in [0.3, 0.4) is 0 Å². The Morgan fingerprint density at radius 3 is 2.46 bits per heavy atom. The second kappa shape index (κ2) is 7.40. The lowest BCUT2D eigenvalue weighted by Gasteiger charge is -2.12. The number of esters is 1. The molecule has 0 aliphatic heterocycles. The number of hydrogen-bond donors (Lipinski definition) is 1. The summed E-state index contributed by atoms with van der Waals surface area (Å²) < 4.78 is 28.3. The second-order valence-corrected chi connectivity index (χ2v) is 8.27. The number of aromatic nitrogens is 1. The van der Waals surface area contributed by atoms with Crippen molar-refractivity contribution in [3.8, 4) is 0 Å². The number of nitrogens with zero attached hydrogens (tertiary/aromatic N) is 1. The Bertz CT molecular complexity index is 1200. The molecule has 0 aliphatic rings. The van der Waals surface area contributed by atoms with Gasteiger partial charge in [0.1, 0.15) is 0 Å². The zero-order valence-corrected chi connectivity index (χ0v) is 16.3. The maximum atomic E-state index is 12.9. The maximum absolute atomic E-state index is 12.9. The number of carbonyl (C=O) groups is 2. The molecule has 0 atom stereocenters. The molecule has 1 aromatic heterocycles. The SMILES string of the molecule is COC(=O)c1cc(S(C)(=O)=O)ccc1NC(=O)c1cccc2ccc(C)nc12. The molecular weight excluding hydrogens is 380 g/mol. The number of amides is 1. The third kappa shape index (κ3) is 3.86. The summed E-state index contributed by atoms with van der Waals surface area (Å²) in [6.45, 7) is 1.83. The molecule has 0 bridgehead atoms. The van der Waals surface area contributed by atoms with Crippen LogP contribution in [-0.4, -0.2) is 38.6 Å². The lowest BCUT2D eigenvalue weighted by atomic mass is 10.1. The van der Waals surface area contributed by atoms with Gasteiger partial charge in [0.15, 0.2) is 9.84 Å². The van der Waals surface area contributed by atoms with E-state index in [4.69, 9.17) is 4.74 Å². The predicted molar refractivity (Wildman–Crippen MR) is 105 cm³/mol. The zero-order valence-electron chi connectivity index (χ0n) is 15.5. The third-order valence-corrected chi connectivity index (χ3v) is 5.29. The van der Waals surface area contributed by atoms with E-state index in [2.05, 4.69) is 10.3 Å². The lowest BCUT2D eigenvalue weighted by molar-refractivity contribution is 0.0601. The highest BCUT2D eigenvalue weighted by Crippen LogP contribution is 2.24. The molecule has 3 aromatic rings. The topological polar surface area (TPSA) is 102 Å². The van der Waals surface area contributed by atoms with Gasteiger partial charge in [-0.25, -0.2) is 13.2 Å². The van der Waals surface area contributed by atoms with Gasteiger partial charge in [-0.1, -0.05) is 18.2 Å². The molecule has 0 saturated heterocycles. The summed E-state index contributed by atoms with van der Waals surface area (Å²) in [4.78, 5) is 29.3. The van der Waals surface area contributed by atoms with Crippen molar-refractivity contribution in [2.75, 3.05) is 18.7 Å². The molecule has 1 heterocycles. The van der Waals surface area contributed by atoms with Gasteiger partial charge >= 0.3 is 5.97 Å². The highest BCUT2D eigenvalue weighted by atomic mass is 32.2. The molecule has 8 heteroatoms. The molecule has 0 aliphatic carbocycles. The van der Waals surface area contributed by atoms with Gasteiger partial charge in [-0.15, -0.1) is 0 Å². The Morgan fingerprint density at radius 1 is 1.04 bits per heavy atom. The zero-order chi connectivity index (χ0) is 20.5. The molecule has 7 nitrogen and oxygen atoms in total. The number of methoxy groups -OCH3 is 1. The van der Waals surface area contributed by atoms with Gasteiger partial charge in [-0.2, -0.15) is 0 Å². The molecule has 0 fully saturated rings. The maximum Gasteiger partial charge on any atom is 0.340 e. The van der Waals surface area contributed by atoms with Crippen LogP contribution in [0.1, 0.15) is 26.4 Å². The molecule has 28 heavy (non-hydrogen) atoms. The van der Waals surface area contributed by atoms with Crippen LogP contribution in [0.4, 0.5) is 5.69 Å². The number of aryl methyl sites for hydroxylation is 1.